The predicted molar refractivity (Wildman–Crippen MR) is 91.4 cm³/mol. The maximum Gasteiger partial charge on any atom is 0.315 e. The van der Waals surface area contributed by atoms with Crippen LogP contribution in [0.2, 0.25) is 0 Å². The van der Waals surface area contributed by atoms with Crippen molar-refractivity contribution in [3.05, 3.63) is 16.1 Å². The number of rotatable bonds is 7. The minimum atomic E-state index is -0.222. The van der Waals surface area contributed by atoms with E-state index in [1.54, 1.807) is 11.3 Å². The molecule has 1 aliphatic rings. The Hall–Kier alpha value is -1.63. The molecule has 2 rings (SSSR count). The highest BCUT2D eigenvalue weighted by atomic mass is 32.1. The molecule has 0 saturated heterocycles. The SMILES string of the molecule is CC[C@H](NC(=O)NCCNC(=O)C1CCCC1)c1nc(C)cs1. The van der Waals surface area contributed by atoms with Gasteiger partial charge in [0, 0.05) is 30.1 Å². The Morgan fingerprint density at radius 1 is 1.30 bits per heavy atom. The molecule has 0 bridgehead atoms. The molecular formula is C16H26N4O2S. The van der Waals surface area contributed by atoms with Gasteiger partial charge < -0.3 is 16.0 Å². The Morgan fingerprint density at radius 3 is 2.61 bits per heavy atom. The number of carbonyl (C=O) groups is 2. The van der Waals surface area contributed by atoms with Crippen molar-refractivity contribution < 1.29 is 9.59 Å². The van der Waals surface area contributed by atoms with Crippen molar-refractivity contribution in [2.24, 2.45) is 5.92 Å². The normalized spacial score (nSPS) is 16.1. The van der Waals surface area contributed by atoms with E-state index < -0.39 is 0 Å². The molecule has 1 saturated carbocycles. The lowest BCUT2D eigenvalue weighted by molar-refractivity contribution is -0.124. The van der Waals surface area contributed by atoms with E-state index in [4.69, 9.17) is 0 Å². The molecule has 0 spiro atoms. The quantitative estimate of drug-likeness (QED) is 0.668. The average molecular weight is 338 g/mol. The van der Waals surface area contributed by atoms with E-state index in [0.717, 1.165) is 42.8 Å². The maximum absolute atomic E-state index is 11.9. The van der Waals surface area contributed by atoms with Gasteiger partial charge in [-0.1, -0.05) is 19.8 Å². The summed E-state index contributed by atoms with van der Waals surface area (Å²) in [5, 5.41) is 11.5. The van der Waals surface area contributed by atoms with Crippen LogP contribution in [0.15, 0.2) is 5.38 Å². The number of hydrogen-bond acceptors (Lipinski definition) is 4. The van der Waals surface area contributed by atoms with Crippen LogP contribution in [0.25, 0.3) is 0 Å². The third-order valence-electron chi connectivity index (χ3n) is 4.08. The summed E-state index contributed by atoms with van der Waals surface area (Å²) in [6.07, 6.45) is 5.07. The first-order valence-electron chi connectivity index (χ1n) is 8.34. The molecule has 3 N–H and O–H groups in total. The number of nitrogens with one attached hydrogen (secondary N) is 3. The van der Waals surface area contributed by atoms with E-state index in [0.29, 0.717) is 13.1 Å². The zero-order valence-corrected chi connectivity index (χ0v) is 14.7. The monoisotopic (exact) mass is 338 g/mol. The molecule has 23 heavy (non-hydrogen) atoms. The zero-order chi connectivity index (χ0) is 16.7. The highest BCUT2D eigenvalue weighted by Gasteiger charge is 2.22. The summed E-state index contributed by atoms with van der Waals surface area (Å²) in [4.78, 5) is 28.2. The van der Waals surface area contributed by atoms with Crippen LogP contribution in [0.4, 0.5) is 4.79 Å². The van der Waals surface area contributed by atoms with Crippen LogP contribution in [0.1, 0.15) is 55.8 Å². The van der Waals surface area contributed by atoms with E-state index in [9.17, 15) is 9.59 Å². The summed E-state index contributed by atoms with van der Waals surface area (Å²) in [6, 6.07) is -0.290. The molecule has 3 amide bonds. The first-order chi connectivity index (χ1) is 11.1. The Labute approximate surface area is 141 Å². The molecule has 1 heterocycles. The largest absolute Gasteiger partial charge is 0.354 e. The van der Waals surface area contributed by atoms with Crippen LogP contribution < -0.4 is 16.0 Å². The summed E-state index contributed by atoms with van der Waals surface area (Å²) < 4.78 is 0. The van der Waals surface area contributed by atoms with Crippen LogP contribution in [0.3, 0.4) is 0 Å². The standard InChI is InChI=1S/C16H26N4O2S/c1-3-13(15-19-11(2)10-23-15)20-16(22)18-9-8-17-14(21)12-6-4-5-7-12/h10,12-13H,3-9H2,1-2H3,(H,17,21)(H2,18,20,22)/t13-/m0/s1. The van der Waals surface area contributed by atoms with Crippen LogP contribution in [0, 0.1) is 12.8 Å². The molecule has 1 aromatic rings. The van der Waals surface area contributed by atoms with Crippen LogP contribution in [-0.4, -0.2) is 30.0 Å². The smallest absolute Gasteiger partial charge is 0.315 e. The molecule has 1 aliphatic carbocycles. The number of aromatic nitrogens is 1. The fraction of sp³-hybridized carbons (Fsp3) is 0.688. The molecule has 1 aromatic heterocycles. The van der Waals surface area contributed by atoms with Crippen LogP contribution in [-0.2, 0) is 4.79 Å². The number of carbonyl (C=O) groups excluding carboxylic acids is 2. The molecule has 0 radical (unpaired) electrons. The van der Waals surface area contributed by atoms with Gasteiger partial charge in [-0.05, 0) is 26.2 Å². The van der Waals surface area contributed by atoms with Gasteiger partial charge in [-0.15, -0.1) is 11.3 Å². The van der Waals surface area contributed by atoms with Crippen molar-refractivity contribution in [3.8, 4) is 0 Å². The Bertz CT molecular complexity index is 526. The maximum atomic E-state index is 11.9. The molecule has 7 heteroatoms. The number of nitrogens with zero attached hydrogens (tertiary/aromatic N) is 1. The number of amides is 3. The molecule has 1 atom stereocenters. The van der Waals surface area contributed by atoms with Gasteiger partial charge in [-0.2, -0.15) is 0 Å². The van der Waals surface area contributed by atoms with Gasteiger partial charge >= 0.3 is 6.03 Å². The lowest BCUT2D eigenvalue weighted by Gasteiger charge is -2.15. The van der Waals surface area contributed by atoms with Crippen molar-refractivity contribution in [1.82, 2.24) is 20.9 Å². The molecule has 1 fully saturated rings. The number of urea groups is 1. The first-order valence-corrected chi connectivity index (χ1v) is 9.22. The van der Waals surface area contributed by atoms with E-state index in [1.807, 2.05) is 19.2 Å². The van der Waals surface area contributed by atoms with Crippen molar-refractivity contribution in [3.63, 3.8) is 0 Å². The van der Waals surface area contributed by atoms with E-state index in [1.165, 1.54) is 0 Å². The van der Waals surface area contributed by atoms with Gasteiger partial charge in [0.15, 0.2) is 0 Å². The topological polar surface area (TPSA) is 83.1 Å². The van der Waals surface area contributed by atoms with Gasteiger partial charge in [0.25, 0.3) is 0 Å². The Morgan fingerprint density at radius 2 is 2.00 bits per heavy atom. The minimum absolute atomic E-state index is 0.0678. The average Bonchev–Trinajstić information content (AvgIpc) is 3.20. The van der Waals surface area contributed by atoms with Crippen molar-refractivity contribution in [1.29, 1.82) is 0 Å². The second-order valence-corrected chi connectivity index (χ2v) is 6.85. The second kappa shape index (κ2) is 8.86. The summed E-state index contributed by atoms with van der Waals surface area (Å²) in [6.45, 7) is 4.86. The molecule has 0 unspecified atom stereocenters. The van der Waals surface area contributed by atoms with Crippen LogP contribution in [0.5, 0.6) is 0 Å². The second-order valence-electron chi connectivity index (χ2n) is 5.96. The Balaban J connectivity index is 1.65. The number of hydrogen-bond donors (Lipinski definition) is 3. The third kappa shape index (κ3) is 5.49. The van der Waals surface area contributed by atoms with Gasteiger partial charge in [0.2, 0.25) is 5.91 Å². The molecular weight excluding hydrogens is 312 g/mol. The highest BCUT2D eigenvalue weighted by molar-refractivity contribution is 7.09. The summed E-state index contributed by atoms with van der Waals surface area (Å²) in [5.74, 6) is 0.288. The third-order valence-corrected chi connectivity index (χ3v) is 5.16. The van der Waals surface area contributed by atoms with Gasteiger partial charge in [-0.3, -0.25) is 4.79 Å². The fourth-order valence-corrected chi connectivity index (χ4v) is 3.70. The van der Waals surface area contributed by atoms with E-state index in [-0.39, 0.29) is 23.9 Å². The fourth-order valence-electron chi connectivity index (χ4n) is 2.77. The minimum Gasteiger partial charge on any atom is -0.354 e. The molecule has 0 aliphatic heterocycles. The lowest BCUT2D eigenvalue weighted by atomic mass is 10.1. The lowest BCUT2D eigenvalue weighted by Crippen LogP contribution is -2.42. The van der Waals surface area contributed by atoms with Crippen molar-refractivity contribution in [2.75, 3.05) is 13.1 Å². The molecule has 128 valence electrons. The number of thiazole rings is 1. The molecule has 6 nitrogen and oxygen atoms in total. The van der Waals surface area contributed by atoms with Crippen LogP contribution >= 0.6 is 11.3 Å². The zero-order valence-electron chi connectivity index (χ0n) is 13.9. The summed E-state index contributed by atoms with van der Waals surface area (Å²) >= 11 is 1.56. The Kier molecular flexibility index (Phi) is 6.83. The highest BCUT2D eigenvalue weighted by Crippen LogP contribution is 2.24. The summed E-state index contributed by atoms with van der Waals surface area (Å²) in [5.41, 5.74) is 0.972. The van der Waals surface area contributed by atoms with E-state index in [2.05, 4.69) is 20.9 Å². The van der Waals surface area contributed by atoms with E-state index >= 15 is 0 Å². The van der Waals surface area contributed by atoms with Gasteiger partial charge in [0.05, 0.1) is 6.04 Å². The predicted octanol–water partition coefficient (Wildman–Crippen LogP) is 2.51. The summed E-state index contributed by atoms with van der Waals surface area (Å²) in [7, 11) is 0. The first kappa shape index (κ1) is 17.7. The molecule has 0 aromatic carbocycles. The van der Waals surface area contributed by atoms with Crippen molar-refractivity contribution in [2.45, 2.75) is 52.0 Å². The van der Waals surface area contributed by atoms with Gasteiger partial charge in [-0.25, -0.2) is 9.78 Å². The number of aryl methyl sites for hydroxylation is 1. The van der Waals surface area contributed by atoms with Crippen molar-refractivity contribution >= 4 is 23.3 Å². The van der Waals surface area contributed by atoms with Gasteiger partial charge in [0.1, 0.15) is 5.01 Å².